The fraction of sp³-hybridized carbons (Fsp3) is 0.323. The number of ether oxygens (including phenoxy) is 2. The number of aromatic nitrogens is 2. The van der Waals surface area contributed by atoms with Crippen molar-refractivity contribution in [2.75, 3.05) is 19.7 Å². The van der Waals surface area contributed by atoms with Crippen molar-refractivity contribution >= 4 is 11.6 Å². The van der Waals surface area contributed by atoms with Crippen LogP contribution in [0.15, 0.2) is 79.0 Å². The number of nitrogens with zero attached hydrogens (tertiary/aromatic N) is 2. The zero-order chi connectivity index (χ0) is 25.9. The zero-order valence-electron chi connectivity index (χ0n) is 21.8. The minimum Gasteiger partial charge on any atom is -0.494 e. The van der Waals surface area contributed by atoms with Crippen molar-refractivity contribution in [1.29, 1.82) is 0 Å². The topological polar surface area (TPSA) is 48.3 Å². The van der Waals surface area contributed by atoms with Gasteiger partial charge in [0.15, 0.2) is 0 Å². The van der Waals surface area contributed by atoms with Gasteiger partial charge in [-0.15, -0.1) is 0 Å². The number of hydrogen-bond acceptors (Lipinski definition) is 4. The Balaban J connectivity index is 1.42. The lowest BCUT2D eigenvalue weighted by Gasteiger charge is -2.09. The van der Waals surface area contributed by atoms with Crippen LogP contribution in [0, 0.1) is 0 Å². The van der Waals surface area contributed by atoms with Gasteiger partial charge in [0.2, 0.25) is 0 Å². The summed E-state index contributed by atoms with van der Waals surface area (Å²) in [5.41, 5.74) is 3.29. The highest BCUT2D eigenvalue weighted by Gasteiger charge is 2.11. The molecule has 6 heteroatoms. The van der Waals surface area contributed by atoms with Gasteiger partial charge in [-0.3, -0.25) is 0 Å². The summed E-state index contributed by atoms with van der Waals surface area (Å²) in [5, 5.41) is 4.01. The maximum atomic E-state index is 5.97. The van der Waals surface area contributed by atoms with Gasteiger partial charge in [0, 0.05) is 29.7 Å². The number of imidazole rings is 1. The summed E-state index contributed by atoms with van der Waals surface area (Å²) in [5.74, 6) is 3.57. The van der Waals surface area contributed by atoms with Gasteiger partial charge in [0.1, 0.15) is 23.1 Å². The molecule has 0 saturated carbocycles. The highest BCUT2D eigenvalue weighted by molar-refractivity contribution is 6.30. The number of halogens is 1. The molecule has 0 saturated heterocycles. The SMILES string of the molecule is CCCCc1nc(-c2ccc(OCCCNCC)cc2)cn1Cc1ccc(Oc2ccc(Cl)cc2)cc1. The molecule has 5 nitrogen and oxygen atoms in total. The van der Waals surface area contributed by atoms with Crippen LogP contribution in [0.5, 0.6) is 17.2 Å². The van der Waals surface area contributed by atoms with E-state index in [4.69, 9.17) is 26.1 Å². The maximum Gasteiger partial charge on any atom is 0.127 e. The first kappa shape index (κ1) is 26.8. The lowest BCUT2D eigenvalue weighted by Crippen LogP contribution is -2.16. The molecule has 0 aliphatic heterocycles. The van der Waals surface area contributed by atoms with Crippen LogP contribution < -0.4 is 14.8 Å². The first-order valence-electron chi connectivity index (χ1n) is 13.2. The summed E-state index contributed by atoms with van der Waals surface area (Å²) in [6, 6.07) is 23.9. The Kier molecular flexibility index (Phi) is 10.0. The molecule has 0 aliphatic carbocycles. The average molecular weight is 518 g/mol. The molecule has 1 N–H and O–H groups in total. The molecule has 0 unspecified atom stereocenters. The van der Waals surface area contributed by atoms with E-state index >= 15 is 0 Å². The molecule has 4 rings (SSSR count). The molecular weight excluding hydrogens is 482 g/mol. The number of hydrogen-bond donors (Lipinski definition) is 1. The van der Waals surface area contributed by atoms with Gasteiger partial charge in [-0.1, -0.05) is 44.0 Å². The third kappa shape index (κ3) is 8.11. The highest BCUT2D eigenvalue weighted by atomic mass is 35.5. The summed E-state index contributed by atoms with van der Waals surface area (Å²) < 4.78 is 14.1. The number of nitrogens with one attached hydrogen (secondary N) is 1. The summed E-state index contributed by atoms with van der Waals surface area (Å²) in [4.78, 5) is 5.00. The van der Waals surface area contributed by atoms with E-state index in [1.807, 2.05) is 48.5 Å². The van der Waals surface area contributed by atoms with Crippen molar-refractivity contribution in [2.24, 2.45) is 0 Å². The normalized spacial score (nSPS) is 11.0. The van der Waals surface area contributed by atoms with E-state index in [0.717, 1.165) is 79.6 Å². The molecule has 0 spiro atoms. The predicted octanol–water partition coefficient (Wildman–Crippen LogP) is 7.77. The van der Waals surface area contributed by atoms with E-state index in [1.165, 1.54) is 5.56 Å². The van der Waals surface area contributed by atoms with Crippen LogP contribution in [0.1, 0.15) is 44.5 Å². The van der Waals surface area contributed by atoms with Crippen LogP contribution in [-0.4, -0.2) is 29.2 Å². The second-order valence-electron chi connectivity index (χ2n) is 9.05. The van der Waals surface area contributed by atoms with Gasteiger partial charge in [-0.25, -0.2) is 4.98 Å². The monoisotopic (exact) mass is 517 g/mol. The molecule has 1 aromatic heterocycles. The average Bonchev–Trinajstić information content (AvgIpc) is 3.32. The molecular formula is C31H36ClN3O2. The Bertz CT molecular complexity index is 1220. The molecule has 0 bridgehead atoms. The molecule has 0 atom stereocenters. The van der Waals surface area contributed by atoms with Crippen LogP contribution in [0.3, 0.4) is 0 Å². The Hall–Kier alpha value is -3.28. The molecule has 194 valence electrons. The van der Waals surface area contributed by atoms with E-state index in [0.29, 0.717) is 11.6 Å². The minimum absolute atomic E-state index is 0.695. The van der Waals surface area contributed by atoms with Crippen molar-refractivity contribution in [3.63, 3.8) is 0 Å². The van der Waals surface area contributed by atoms with Gasteiger partial charge in [0.25, 0.3) is 0 Å². The molecule has 4 aromatic rings. The highest BCUT2D eigenvalue weighted by Crippen LogP contribution is 2.26. The zero-order valence-corrected chi connectivity index (χ0v) is 22.5. The quantitative estimate of drug-likeness (QED) is 0.174. The Morgan fingerprint density at radius 3 is 2.19 bits per heavy atom. The first-order valence-corrected chi connectivity index (χ1v) is 13.5. The number of unbranched alkanes of at least 4 members (excludes halogenated alkanes) is 1. The Morgan fingerprint density at radius 2 is 1.51 bits per heavy atom. The summed E-state index contributed by atoms with van der Waals surface area (Å²) in [6.45, 7) is 7.77. The fourth-order valence-corrected chi connectivity index (χ4v) is 4.17. The van der Waals surface area contributed by atoms with E-state index in [-0.39, 0.29) is 0 Å². The van der Waals surface area contributed by atoms with Gasteiger partial charge < -0.3 is 19.4 Å². The smallest absolute Gasteiger partial charge is 0.127 e. The summed E-state index contributed by atoms with van der Waals surface area (Å²) >= 11 is 5.97. The standard InChI is InChI=1S/C31H36ClN3O2/c1-3-5-7-31-34-30(25-10-16-27(17-11-25)36-21-6-20-33-4-2)23-35(31)22-24-8-14-28(15-9-24)37-29-18-12-26(32)13-19-29/h8-19,23,33H,3-7,20-22H2,1-2H3. The van der Waals surface area contributed by atoms with Gasteiger partial charge in [-0.05, 0) is 92.2 Å². The molecule has 0 radical (unpaired) electrons. The van der Waals surface area contributed by atoms with Crippen LogP contribution in [0.25, 0.3) is 11.3 Å². The third-order valence-electron chi connectivity index (χ3n) is 6.11. The van der Waals surface area contributed by atoms with Crippen molar-refractivity contribution in [3.8, 4) is 28.5 Å². The first-order chi connectivity index (χ1) is 18.1. The van der Waals surface area contributed by atoms with Crippen molar-refractivity contribution < 1.29 is 9.47 Å². The van der Waals surface area contributed by atoms with E-state index in [9.17, 15) is 0 Å². The number of rotatable bonds is 14. The molecule has 1 heterocycles. The summed E-state index contributed by atoms with van der Waals surface area (Å²) in [7, 11) is 0. The summed E-state index contributed by atoms with van der Waals surface area (Å²) in [6.07, 6.45) is 6.37. The molecule has 0 fully saturated rings. The lowest BCUT2D eigenvalue weighted by atomic mass is 10.1. The lowest BCUT2D eigenvalue weighted by molar-refractivity contribution is 0.309. The van der Waals surface area contributed by atoms with E-state index in [2.05, 4.69) is 54.2 Å². The third-order valence-corrected chi connectivity index (χ3v) is 6.36. The van der Waals surface area contributed by atoms with Crippen LogP contribution >= 0.6 is 11.6 Å². The number of benzene rings is 3. The minimum atomic E-state index is 0.695. The number of aryl methyl sites for hydroxylation is 1. The molecule has 37 heavy (non-hydrogen) atoms. The van der Waals surface area contributed by atoms with Crippen LogP contribution in [0.4, 0.5) is 0 Å². The second kappa shape index (κ2) is 13.9. The van der Waals surface area contributed by atoms with E-state index < -0.39 is 0 Å². The van der Waals surface area contributed by atoms with Crippen molar-refractivity contribution in [1.82, 2.24) is 14.9 Å². The molecule has 0 amide bonds. The van der Waals surface area contributed by atoms with Crippen molar-refractivity contribution in [3.05, 3.63) is 95.4 Å². The van der Waals surface area contributed by atoms with Crippen molar-refractivity contribution in [2.45, 2.75) is 46.1 Å². The van der Waals surface area contributed by atoms with Crippen LogP contribution in [-0.2, 0) is 13.0 Å². The molecule has 3 aromatic carbocycles. The Morgan fingerprint density at radius 1 is 0.838 bits per heavy atom. The van der Waals surface area contributed by atoms with Gasteiger partial charge in [0.05, 0.1) is 12.3 Å². The fourth-order valence-electron chi connectivity index (χ4n) is 4.05. The maximum absolute atomic E-state index is 5.97. The largest absolute Gasteiger partial charge is 0.494 e. The van der Waals surface area contributed by atoms with Crippen LogP contribution in [0.2, 0.25) is 5.02 Å². The van der Waals surface area contributed by atoms with Gasteiger partial charge in [-0.2, -0.15) is 0 Å². The second-order valence-corrected chi connectivity index (χ2v) is 9.49. The Labute approximate surface area is 225 Å². The van der Waals surface area contributed by atoms with E-state index in [1.54, 1.807) is 0 Å². The molecule has 0 aliphatic rings. The van der Waals surface area contributed by atoms with Gasteiger partial charge >= 0.3 is 0 Å². The predicted molar refractivity (Wildman–Crippen MR) is 152 cm³/mol.